The fourth-order valence-corrected chi connectivity index (χ4v) is 2.93. The van der Waals surface area contributed by atoms with Crippen LogP contribution in [0.25, 0.3) is 11.4 Å². The molecule has 2 aromatic heterocycles. The van der Waals surface area contributed by atoms with Crippen molar-refractivity contribution < 1.29 is 9.47 Å². The topological polar surface area (TPSA) is 82.0 Å². The van der Waals surface area contributed by atoms with Crippen LogP contribution in [0.3, 0.4) is 0 Å². The molecule has 2 aliphatic rings. The van der Waals surface area contributed by atoms with E-state index in [-0.39, 0.29) is 11.8 Å². The maximum Gasteiger partial charge on any atom is 0.343 e. The van der Waals surface area contributed by atoms with E-state index in [1.165, 1.54) is 4.57 Å². The SMILES string of the molecule is Cn1c(-c2cnc(OC3CCOCC3)c(C3CC3)c2)n[nH]c1=O. The second-order valence-electron chi connectivity index (χ2n) is 6.23. The lowest BCUT2D eigenvalue weighted by Crippen LogP contribution is -2.26. The molecule has 7 nitrogen and oxygen atoms in total. The van der Waals surface area contributed by atoms with Crippen molar-refractivity contribution in [2.45, 2.75) is 37.7 Å². The van der Waals surface area contributed by atoms with E-state index < -0.39 is 0 Å². The van der Waals surface area contributed by atoms with Crippen LogP contribution in [-0.2, 0) is 11.8 Å². The molecule has 0 radical (unpaired) electrons. The van der Waals surface area contributed by atoms with Crippen LogP contribution in [0.15, 0.2) is 17.1 Å². The smallest absolute Gasteiger partial charge is 0.343 e. The summed E-state index contributed by atoms with van der Waals surface area (Å²) in [6.07, 6.45) is 6.04. The van der Waals surface area contributed by atoms with Crippen LogP contribution in [0, 0.1) is 0 Å². The van der Waals surface area contributed by atoms with Gasteiger partial charge in [0.15, 0.2) is 5.82 Å². The third kappa shape index (κ3) is 2.88. The largest absolute Gasteiger partial charge is 0.474 e. The lowest BCUT2D eigenvalue weighted by molar-refractivity contribution is 0.0233. The van der Waals surface area contributed by atoms with E-state index in [0.29, 0.717) is 11.7 Å². The predicted molar refractivity (Wildman–Crippen MR) is 83.5 cm³/mol. The molecule has 1 saturated carbocycles. The molecular weight excluding hydrogens is 296 g/mol. The highest BCUT2D eigenvalue weighted by Crippen LogP contribution is 2.45. The summed E-state index contributed by atoms with van der Waals surface area (Å²) in [6.45, 7) is 1.49. The lowest BCUT2D eigenvalue weighted by Gasteiger charge is -2.24. The second-order valence-corrected chi connectivity index (χ2v) is 6.23. The van der Waals surface area contributed by atoms with E-state index in [4.69, 9.17) is 9.47 Å². The van der Waals surface area contributed by atoms with E-state index in [1.807, 2.05) is 0 Å². The molecule has 0 atom stereocenters. The van der Waals surface area contributed by atoms with Crippen LogP contribution in [0.5, 0.6) is 5.88 Å². The number of nitrogens with zero attached hydrogens (tertiary/aromatic N) is 3. The highest BCUT2D eigenvalue weighted by atomic mass is 16.5. The normalized spacial score (nSPS) is 19.0. The summed E-state index contributed by atoms with van der Waals surface area (Å²) in [5.41, 5.74) is 1.74. The number of aromatic nitrogens is 4. The van der Waals surface area contributed by atoms with Gasteiger partial charge in [-0.1, -0.05) is 0 Å². The number of nitrogens with one attached hydrogen (secondary N) is 1. The Morgan fingerprint density at radius 2 is 2.09 bits per heavy atom. The molecule has 1 aliphatic heterocycles. The van der Waals surface area contributed by atoms with Gasteiger partial charge in [0.05, 0.1) is 13.2 Å². The van der Waals surface area contributed by atoms with Gasteiger partial charge in [-0.25, -0.2) is 14.9 Å². The van der Waals surface area contributed by atoms with Gasteiger partial charge in [0.25, 0.3) is 0 Å². The Kier molecular flexibility index (Phi) is 3.65. The average Bonchev–Trinajstić information content (AvgIpc) is 3.36. The first-order chi connectivity index (χ1) is 11.2. The Bertz CT molecular complexity index is 757. The quantitative estimate of drug-likeness (QED) is 0.926. The van der Waals surface area contributed by atoms with E-state index in [1.54, 1.807) is 13.2 Å². The highest BCUT2D eigenvalue weighted by molar-refractivity contribution is 5.57. The van der Waals surface area contributed by atoms with Gasteiger partial charge in [-0.05, 0) is 24.8 Å². The van der Waals surface area contributed by atoms with Crippen molar-refractivity contribution in [3.8, 4) is 17.3 Å². The molecule has 122 valence electrons. The van der Waals surface area contributed by atoms with Gasteiger partial charge in [-0.3, -0.25) is 4.57 Å². The molecule has 1 N–H and O–H groups in total. The maximum absolute atomic E-state index is 11.6. The summed E-state index contributed by atoms with van der Waals surface area (Å²) in [4.78, 5) is 16.1. The number of pyridine rings is 1. The first kappa shape index (κ1) is 14.4. The summed E-state index contributed by atoms with van der Waals surface area (Å²) < 4.78 is 13.0. The minimum absolute atomic E-state index is 0.175. The van der Waals surface area contributed by atoms with Crippen molar-refractivity contribution in [1.29, 1.82) is 0 Å². The van der Waals surface area contributed by atoms with Crippen LogP contribution in [-0.4, -0.2) is 39.1 Å². The molecule has 0 aromatic carbocycles. The first-order valence-electron chi connectivity index (χ1n) is 8.08. The molecule has 0 bridgehead atoms. The summed E-state index contributed by atoms with van der Waals surface area (Å²) in [5, 5.41) is 6.54. The highest BCUT2D eigenvalue weighted by Gasteiger charge is 2.30. The van der Waals surface area contributed by atoms with E-state index in [9.17, 15) is 4.79 Å². The van der Waals surface area contributed by atoms with Gasteiger partial charge in [0, 0.05) is 37.2 Å². The number of rotatable bonds is 4. The van der Waals surface area contributed by atoms with E-state index in [2.05, 4.69) is 21.2 Å². The summed E-state index contributed by atoms with van der Waals surface area (Å²) >= 11 is 0. The minimum Gasteiger partial charge on any atom is -0.474 e. The Labute approximate surface area is 133 Å². The van der Waals surface area contributed by atoms with Crippen molar-refractivity contribution in [1.82, 2.24) is 19.7 Å². The van der Waals surface area contributed by atoms with Crippen LogP contribution >= 0.6 is 0 Å². The number of aromatic amines is 1. The predicted octanol–water partition coefficient (Wildman–Crippen LogP) is 1.61. The molecular formula is C16H20N4O3. The Hall–Kier alpha value is -2.15. The maximum atomic E-state index is 11.6. The molecule has 23 heavy (non-hydrogen) atoms. The molecule has 2 fully saturated rings. The molecule has 0 unspecified atom stereocenters. The zero-order chi connectivity index (χ0) is 15.8. The van der Waals surface area contributed by atoms with Gasteiger partial charge >= 0.3 is 5.69 Å². The third-order valence-corrected chi connectivity index (χ3v) is 4.48. The number of H-pyrrole nitrogens is 1. The van der Waals surface area contributed by atoms with Crippen molar-refractivity contribution in [2.75, 3.05) is 13.2 Å². The summed E-state index contributed by atoms with van der Waals surface area (Å²) in [6, 6.07) is 2.06. The molecule has 0 spiro atoms. The zero-order valence-electron chi connectivity index (χ0n) is 13.1. The third-order valence-electron chi connectivity index (χ3n) is 4.48. The Morgan fingerprint density at radius 1 is 1.30 bits per heavy atom. The van der Waals surface area contributed by atoms with Crippen LogP contribution < -0.4 is 10.4 Å². The van der Waals surface area contributed by atoms with Gasteiger partial charge in [-0.15, -0.1) is 0 Å². The number of hydrogen-bond acceptors (Lipinski definition) is 5. The van der Waals surface area contributed by atoms with Crippen LogP contribution in [0.1, 0.15) is 37.2 Å². The standard InChI is InChI=1S/C16H20N4O3/c1-20-14(18-19-16(20)21)11-8-13(10-2-3-10)15(17-9-11)23-12-4-6-22-7-5-12/h8-10,12H,2-7H2,1H3,(H,19,21). The average molecular weight is 316 g/mol. The molecule has 1 saturated heterocycles. The monoisotopic (exact) mass is 316 g/mol. The van der Waals surface area contributed by atoms with Crippen molar-refractivity contribution >= 4 is 0 Å². The van der Waals surface area contributed by atoms with Crippen molar-refractivity contribution in [2.24, 2.45) is 7.05 Å². The fourth-order valence-electron chi connectivity index (χ4n) is 2.93. The van der Waals surface area contributed by atoms with Gasteiger partial charge in [-0.2, -0.15) is 5.10 Å². The Morgan fingerprint density at radius 3 is 2.74 bits per heavy atom. The molecule has 7 heteroatoms. The molecule has 0 amide bonds. The molecule has 1 aliphatic carbocycles. The second kappa shape index (κ2) is 5.81. The molecule has 2 aromatic rings. The number of hydrogen-bond donors (Lipinski definition) is 1. The van der Waals surface area contributed by atoms with Crippen LogP contribution in [0.4, 0.5) is 0 Å². The summed E-state index contributed by atoms with van der Waals surface area (Å²) in [5.74, 6) is 1.83. The lowest BCUT2D eigenvalue weighted by atomic mass is 10.1. The van der Waals surface area contributed by atoms with Gasteiger partial charge in [0.2, 0.25) is 5.88 Å². The summed E-state index contributed by atoms with van der Waals surface area (Å²) in [7, 11) is 1.70. The minimum atomic E-state index is -0.226. The van der Waals surface area contributed by atoms with Crippen molar-refractivity contribution in [3.63, 3.8) is 0 Å². The van der Waals surface area contributed by atoms with E-state index >= 15 is 0 Å². The van der Waals surface area contributed by atoms with Crippen LogP contribution in [0.2, 0.25) is 0 Å². The van der Waals surface area contributed by atoms with Gasteiger partial charge < -0.3 is 9.47 Å². The fraction of sp³-hybridized carbons (Fsp3) is 0.562. The van der Waals surface area contributed by atoms with Gasteiger partial charge in [0.1, 0.15) is 6.10 Å². The number of ether oxygens (including phenoxy) is 2. The van der Waals surface area contributed by atoms with E-state index in [0.717, 1.165) is 55.9 Å². The molecule has 4 rings (SSSR count). The zero-order valence-corrected chi connectivity index (χ0v) is 13.1. The molecule has 3 heterocycles. The van der Waals surface area contributed by atoms with Crippen molar-refractivity contribution in [3.05, 3.63) is 28.3 Å². The Balaban J connectivity index is 1.65. The first-order valence-corrected chi connectivity index (χ1v) is 8.08.